The molecule has 0 spiro atoms. The molecule has 2 aliphatic rings. The number of fused-ring (bicyclic) bond motifs is 5. The molecular weight excluding hydrogens is 508 g/mol. The maximum absolute atomic E-state index is 13.5. The Morgan fingerprint density at radius 3 is 2.67 bits per heavy atom. The van der Waals surface area contributed by atoms with Crippen LogP contribution in [0.1, 0.15) is 28.4 Å². The molecule has 4 heterocycles. The first-order valence-corrected chi connectivity index (χ1v) is 12.8. The normalized spacial score (nSPS) is 14.0. The zero-order chi connectivity index (χ0) is 27.4. The van der Waals surface area contributed by atoms with Gasteiger partial charge in [0, 0.05) is 54.9 Å². The van der Waals surface area contributed by atoms with E-state index in [0.29, 0.717) is 87.3 Å². The van der Waals surface area contributed by atoms with Crippen LogP contribution in [0.2, 0.25) is 0 Å². The maximum atomic E-state index is 13.5. The lowest BCUT2D eigenvalue weighted by Gasteiger charge is -2.14. The number of aromatic nitrogens is 2. The van der Waals surface area contributed by atoms with Gasteiger partial charge in [-0.1, -0.05) is 0 Å². The lowest BCUT2D eigenvalue weighted by Crippen LogP contribution is -2.26. The van der Waals surface area contributed by atoms with Crippen molar-refractivity contribution in [1.82, 2.24) is 14.9 Å². The Balaban J connectivity index is 1.49. The summed E-state index contributed by atoms with van der Waals surface area (Å²) in [6, 6.07) is 5.40. The van der Waals surface area contributed by atoms with Crippen LogP contribution in [0.25, 0.3) is 22.3 Å². The highest BCUT2D eigenvalue weighted by Crippen LogP contribution is 2.41. The summed E-state index contributed by atoms with van der Waals surface area (Å²) in [5.41, 5.74) is 9.22. The zero-order valence-electron chi connectivity index (χ0n) is 21.7. The van der Waals surface area contributed by atoms with Crippen molar-refractivity contribution in [2.45, 2.75) is 25.8 Å². The van der Waals surface area contributed by atoms with E-state index in [0.717, 1.165) is 16.5 Å². The molecular formula is C27H32N4O8. The molecule has 0 saturated carbocycles. The summed E-state index contributed by atoms with van der Waals surface area (Å²) >= 11 is 0. The quantitative estimate of drug-likeness (QED) is 0.152. The number of benzene rings is 1. The van der Waals surface area contributed by atoms with Gasteiger partial charge in [-0.05, 0) is 17.7 Å². The summed E-state index contributed by atoms with van der Waals surface area (Å²) in [7, 11) is 1.46. The Hall–Kier alpha value is -3.39. The Labute approximate surface area is 224 Å². The fourth-order valence-corrected chi connectivity index (χ4v) is 4.95. The number of nitrogens with zero attached hydrogens (tertiary/aromatic N) is 2. The summed E-state index contributed by atoms with van der Waals surface area (Å²) in [6.07, 6.45) is -1.05. The predicted octanol–water partition coefficient (Wildman–Crippen LogP) is 0.614. The Morgan fingerprint density at radius 1 is 1.15 bits per heavy atom. The molecule has 1 aromatic carbocycles. The van der Waals surface area contributed by atoms with Gasteiger partial charge in [0.05, 0.1) is 56.5 Å². The number of aldehydes is 1. The second-order valence-corrected chi connectivity index (χ2v) is 9.20. The summed E-state index contributed by atoms with van der Waals surface area (Å²) < 4.78 is 28.9. The topological polar surface area (TPSA) is 156 Å². The monoisotopic (exact) mass is 540 g/mol. The van der Waals surface area contributed by atoms with Crippen LogP contribution in [0, 0.1) is 0 Å². The predicted molar refractivity (Wildman–Crippen MR) is 141 cm³/mol. The molecule has 5 rings (SSSR count). The van der Waals surface area contributed by atoms with Gasteiger partial charge in [0.25, 0.3) is 5.56 Å². The summed E-state index contributed by atoms with van der Waals surface area (Å²) in [5.74, 6) is 1.24. The highest BCUT2D eigenvalue weighted by molar-refractivity contribution is 5.90. The number of methoxy groups -OCH3 is 1. The van der Waals surface area contributed by atoms with Gasteiger partial charge >= 0.3 is 0 Å². The van der Waals surface area contributed by atoms with Crippen LogP contribution < -0.4 is 26.1 Å². The molecule has 208 valence electrons. The number of aliphatic hydroxyl groups is 1. The van der Waals surface area contributed by atoms with Crippen molar-refractivity contribution >= 4 is 17.2 Å². The van der Waals surface area contributed by atoms with Gasteiger partial charge in [0.15, 0.2) is 17.8 Å². The van der Waals surface area contributed by atoms with Gasteiger partial charge in [-0.3, -0.25) is 4.79 Å². The smallest absolute Gasteiger partial charge is 0.257 e. The average Bonchev–Trinajstić information content (AvgIpc) is 3.55. The van der Waals surface area contributed by atoms with Crippen LogP contribution >= 0.6 is 0 Å². The molecule has 0 bridgehead atoms. The van der Waals surface area contributed by atoms with E-state index >= 15 is 0 Å². The first-order valence-electron chi connectivity index (χ1n) is 12.8. The van der Waals surface area contributed by atoms with Crippen LogP contribution in [0.15, 0.2) is 23.0 Å². The number of pyridine rings is 2. The molecule has 12 nitrogen and oxygen atoms in total. The molecule has 4 N–H and O–H groups in total. The van der Waals surface area contributed by atoms with Crippen LogP contribution in [0.5, 0.6) is 11.5 Å². The molecule has 1 unspecified atom stereocenters. The number of rotatable bonds is 14. The van der Waals surface area contributed by atoms with E-state index in [4.69, 9.17) is 34.4 Å². The van der Waals surface area contributed by atoms with Crippen molar-refractivity contribution < 1.29 is 33.6 Å². The van der Waals surface area contributed by atoms with E-state index in [-0.39, 0.29) is 30.1 Å². The van der Waals surface area contributed by atoms with E-state index in [2.05, 4.69) is 5.32 Å². The van der Waals surface area contributed by atoms with Gasteiger partial charge in [0.1, 0.15) is 6.10 Å². The van der Waals surface area contributed by atoms with Gasteiger partial charge in [0.2, 0.25) is 6.79 Å². The minimum Gasteiger partial charge on any atom is -0.454 e. The molecule has 2 aromatic heterocycles. The number of nitrogens with one attached hydrogen (secondary N) is 1. The molecule has 0 aliphatic carbocycles. The molecule has 0 radical (unpaired) electrons. The van der Waals surface area contributed by atoms with Gasteiger partial charge in [-0.2, -0.15) is 0 Å². The van der Waals surface area contributed by atoms with Crippen molar-refractivity contribution in [1.29, 1.82) is 0 Å². The lowest BCUT2D eigenvalue weighted by molar-refractivity contribution is -0.115. The number of carbonyl (C=O) groups is 1. The fraction of sp³-hybridized carbons (Fsp3) is 0.444. The average molecular weight is 541 g/mol. The third-order valence-electron chi connectivity index (χ3n) is 6.79. The third kappa shape index (κ3) is 5.39. The van der Waals surface area contributed by atoms with Crippen molar-refractivity contribution in [3.63, 3.8) is 0 Å². The Morgan fingerprint density at radius 2 is 1.92 bits per heavy atom. The number of carbonyl (C=O) groups excluding carboxylic acids is 1. The van der Waals surface area contributed by atoms with Crippen molar-refractivity contribution in [3.8, 4) is 22.9 Å². The second kappa shape index (κ2) is 12.2. The number of aliphatic hydroxyl groups excluding tert-OH is 1. The van der Waals surface area contributed by atoms with Crippen LogP contribution in [-0.2, 0) is 38.7 Å². The molecule has 12 heteroatoms. The van der Waals surface area contributed by atoms with Gasteiger partial charge < -0.3 is 49.2 Å². The highest BCUT2D eigenvalue weighted by atomic mass is 16.7. The standard InChI is InChI=1S/C27H32N4O8/c1-35-14-20-17(23(33)13-32)8-22-26-19(12-31(22)27(20)34)18(11-29-3-5-37-7-6-36-4-2-28)16-9-24-25(39-15-38-24)10-21(16)30-26/h8-10,13,23,29,33H,2-7,11-12,14-15,28H2,1H3. The summed E-state index contributed by atoms with van der Waals surface area (Å²) in [6.45, 7) is 3.95. The first kappa shape index (κ1) is 27.2. The number of nitrogens with two attached hydrogens (primary N) is 1. The Kier molecular flexibility index (Phi) is 8.50. The maximum Gasteiger partial charge on any atom is 0.257 e. The molecule has 3 aromatic rings. The number of hydrogen-bond acceptors (Lipinski definition) is 11. The summed E-state index contributed by atoms with van der Waals surface area (Å²) in [5, 5.41) is 14.7. The van der Waals surface area contributed by atoms with E-state index in [1.54, 1.807) is 10.6 Å². The highest BCUT2D eigenvalue weighted by Gasteiger charge is 2.30. The minimum absolute atomic E-state index is 0.0296. The van der Waals surface area contributed by atoms with Crippen molar-refractivity contribution in [2.24, 2.45) is 5.73 Å². The van der Waals surface area contributed by atoms with E-state index in [1.165, 1.54) is 7.11 Å². The SMILES string of the molecule is COCc1c(C(O)C=O)cc2n(c1=O)Cc1c-2nc2cc3c(cc2c1CNCCOCCOCCN)OCO3. The third-order valence-corrected chi connectivity index (χ3v) is 6.79. The van der Waals surface area contributed by atoms with Crippen molar-refractivity contribution in [2.75, 3.05) is 53.4 Å². The zero-order valence-corrected chi connectivity index (χ0v) is 21.7. The fourth-order valence-electron chi connectivity index (χ4n) is 4.95. The molecule has 1 atom stereocenters. The minimum atomic E-state index is -1.45. The van der Waals surface area contributed by atoms with E-state index in [9.17, 15) is 14.7 Å². The largest absolute Gasteiger partial charge is 0.454 e. The van der Waals surface area contributed by atoms with Crippen molar-refractivity contribution in [3.05, 3.63) is 50.8 Å². The lowest BCUT2D eigenvalue weighted by atomic mass is 9.99. The molecule has 39 heavy (non-hydrogen) atoms. The molecule has 2 aliphatic heterocycles. The van der Waals surface area contributed by atoms with Crippen LogP contribution in [0.3, 0.4) is 0 Å². The van der Waals surface area contributed by atoms with Gasteiger partial charge in [-0.15, -0.1) is 0 Å². The van der Waals surface area contributed by atoms with Gasteiger partial charge in [-0.25, -0.2) is 4.98 Å². The van der Waals surface area contributed by atoms with Crippen LogP contribution in [-0.4, -0.2) is 74.4 Å². The van der Waals surface area contributed by atoms with E-state index < -0.39 is 6.10 Å². The number of ether oxygens (including phenoxy) is 5. The first-order chi connectivity index (χ1) is 19.1. The van der Waals surface area contributed by atoms with E-state index in [1.807, 2.05) is 12.1 Å². The molecule has 0 amide bonds. The summed E-state index contributed by atoms with van der Waals surface area (Å²) in [4.78, 5) is 29.8. The molecule has 0 saturated heterocycles. The molecule has 0 fully saturated rings. The number of hydrogen-bond donors (Lipinski definition) is 3. The second-order valence-electron chi connectivity index (χ2n) is 9.20. The Bertz CT molecular complexity index is 1420. The van der Waals surface area contributed by atoms with Crippen LogP contribution in [0.4, 0.5) is 0 Å².